The second-order valence-corrected chi connectivity index (χ2v) is 6.56. The predicted octanol–water partition coefficient (Wildman–Crippen LogP) is 3.71. The second-order valence-electron chi connectivity index (χ2n) is 6.56. The highest BCUT2D eigenvalue weighted by Crippen LogP contribution is 2.32. The second kappa shape index (κ2) is 7.46. The molecule has 1 aromatic carbocycles. The molecule has 1 N–H and O–H groups in total. The first-order chi connectivity index (χ1) is 12.7. The quantitative estimate of drug-likeness (QED) is 0.860. The number of alkyl halides is 3. The van der Waals surface area contributed by atoms with E-state index in [0.29, 0.717) is 19.5 Å². The molecule has 1 saturated heterocycles. The summed E-state index contributed by atoms with van der Waals surface area (Å²) in [6.45, 7) is 2.87. The molecule has 1 unspecified atom stereocenters. The molecule has 0 bridgehead atoms. The number of furan rings is 1. The molecule has 1 fully saturated rings. The van der Waals surface area contributed by atoms with Crippen molar-refractivity contribution in [1.29, 1.82) is 0 Å². The molecule has 2 aromatic rings. The number of nitrogens with one attached hydrogen (secondary N) is 1. The maximum atomic E-state index is 12.8. The van der Waals surface area contributed by atoms with Gasteiger partial charge in [0.2, 0.25) is 5.91 Å². The average molecular weight is 380 g/mol. The van der Waals surface area contributed by atoms with Gasteiger partial charge in [0.1, 0.15) is 5.76 Å². The molecule has 1 aliphatic heterocycles. The van der Waals surface area contributed by atoms with Gasteiger partial charge in [0.25, 0.3) is 5.91 Å². The summed E-state index contributed by atoms with van der Waals surface area (Å²) < 4.78 is 43.9. The van der Waals surface area contributed by atoms with Crippen molar-refractivity contribution in [3.63, 3.8) is 0 Å². The monoisotopic (exact) mass is 380 g/mol. The molecule has 5 nitrogen and oxygen atoms in total. The van der Waals surface area contributed by atoms with Crippen LogP contribution in [0, 0.1) is 0 Å². The summed E-state index contributed by atoms with van der Waals surface area (Å²) in [4.78, 5) is 25.6. The summed E-state index contributed by atoms with van der Waals surface area (Å²) in [6.07, 6.45) is -3.11. The Bertz CT molecular complexity index is 845. The molecule has 2 amide bonds. The zero-order valence-electron chi connectivity index (χ0n) is 14.7. The van der Waals surface area contributed by atoms with Gasteiger partial charge in [0, 0.05) is 31.1 Å². The fourth-order valence-electron chi connectivity index (χ4n) is 3.03. The van der Waals surface area contributed by atoms with Crippen molar-refractivity contribution in [3.8, 4) is 11.3 Å². The Morgan fingerprint density at radius 3 is 2.74 bits per heavy atom. The smallest absolute Gasteiger partial charge is 0.416 e. The number of hydrogen-bond donors (Lipinski definition) is 1. The van der Waals surface area contributed by atoms with Crippen LogP contribution in [0.1, 0.15) is 35.9 Å². The Balaban J connectivity index is 1.66. The molecular weight excluding hydrogens is 361 g/mol. The lowest BCUT2D eigenvalue weighted by Gasteiger charge is -2.21. The van der Waals surface area contributed by atoms with E-state index in [0.717, 1.165) is 18.6 Å². The normalized spacial score (nSPS) is 15.9. The molecule has 8 heteroatoms. The molecule has 1 atom stereocenters. The van der Waals surface area contributed by atoms with Crippen LogP contribution in [0.5, 0.6) is 0 Å². The summed E-state index contributed by atoms with van der Waals surface area (Å²) in [7, 11) is 0. The first-order valence-electron chi connectivity index (χ1n) is 8.60. The molecule has 1 aromatic heterocycles. The number of carbonyl (C=O) groups excluding carboxylic acids is 2. The van der Waals surface area contributed by atoms with Crippen LogP contribution in [0.2, 0.25) is 0 Å². The van der Waals surface area contributed by atoms with Crippen LogP contribution >= 0.6 is 0 Å². The zero-order valence-corrected chi connectivity index (χ0v) is 14.7. The minimum Gasteiger partial charge on any atom is -0.451 e. The lowest BCUT2D eigenvalue weighted by atomic mass is 10.1. The molecule has 0 spiro atoms. The number of amides is 2. The molecule has 1 aliphatic rings. The van der Waals surface area contributed by atoms with Crippen LogP contribution in [0.4, 0.5) is 13.2 Å². The van der Waals surface area contributed by atoms with Crippen molar-refractivity contribution in [2.75, 3.05) is 13.1 Å². The molecule has 144 valence electrons. The maximum Gasteiger partial charge on any atom is 0.416 e. The third-order valence-corrected chi connectivity index (χ3v) is 4.35. The van der Waals surface area contributed by atoms with E-state index in [4.69, 9.17) is 4.42 Å². The van der Waals surface area contributed by atoms with E-state index in [9.17, 15) is 22.8 Å². The highest BCUT2D eigenvalue weighted by molar-refractivity contribution is 5.92. The topological polar surface area (TPSA) is 62.6 Å². The van der Waals surface area contributed by atoms with Crippen LogP contribution in [0.15, 0.2) is 40.8 Å². The summed E-state index contributed by atoms with van der Waals surface area (Å²) in [6, 6.07) is 7.32. The van der Waals surface area contributed by atoms with Gasteiger partial charge in [-0.1, -0.05) is 12.1 Å². The Morgan fingerprint density at radius 1 is 1.30 bits per heavy atom. The fourth-order valence-corrected chi connectivity index (χ4v) is 3.03. The SMILES string of the molecule is CC(CN1CCCC1=O)NC(=O)c1ccc(-c2cccc(C(F)(F)F)c2)o1. The number of hydrogen-bond acceptors (Lipinski definition) is 3. The molecule has 0 radical (unpaired) electrons. The van der Waals surface area contributed by atoms with Gasteiger partial charge in [-0.2, -0.15) is 13.2 Å². The van der Waals surface area contributed by atoms with Gasteiger partial charge < -0.3 is 14.6 Å². The lowest BCUT2D eigenvalue weighted by molar-refractivity contribution is -0.137. The van der Waals surface area contributed by atoms with Gasteiger partial charge in [-0.05, 0) is 37.6 Å². The van der Waals surface area contributed by atoms with Gasteiger partial charge in [0.05, 0.1) is 5.56 Å². The fraction of sp³-hybridized carbons (Fsp3) is 0.368. The largest absolute Gasteiger partial charge is 0.451 e. The predicted molar refractivity (Wildman–Crippen MR) is 91.9 cm³/mol. The van der Waals surface area contributed by atoms with Crippen molar-refractivity contribution in [1.82, 2.24) is 10.2 Å². The number of benzene rings is 1. The number of carbonyl (C=O) groups is 2. The number of nitrogens with zero attached hydrogens (tertiary/aromatic N) is 1. The van der Waals surface area contributed by atoms with Crippen molar-refractivity contribution in [2.24, 2.45) is 0 Å². The number of rotatable bonds is 5. The Morgan fingerprint density at radius 2 is 2.07 bits per heavy atom. The van der Waals surface area contributed by atoms with Crippen molar-refractivity contribution in [2.45, 2.75) is 32.0 Å². The Hall–Kier alpha value is -2.77. The van der Waals surface area contributed by atoms with Crippen LogP contribution in [0.25, 0.3) is 11.3 Å². The summed E-state index contributed by atoms with van der Waals surface area (Å²) in [5.41, 5.74) is -0.550. The van der Waals surface area contributed by atoms with Crippen molar-refractivity contribution >= 4 is 11.8 Å². The van der Waals surface area contributed by atoms with Gasteiger partial charge in [-0.15, -0.1) is 0 Å². The summed E-state index contributed by atoms with van der Waals surface area (Å²) in [5.74, 6) is -0.232. The van der Waals surface area contributed by atoms with Gasteiger partial charge >= 0.3 is 6.18 Å². The van der Waals surface area contributed by atoms with Gasteiger partial charge in [0.15, 0.2) is 5.76 Å². The third-order valence-electron chi connectivity index (χ3n) is 4.35. The van der Waals surface area contributed by atoms with E-state index >= 15 is 0 Å². The molecular formula is C19H19F3N2O3. The Labute approximate surface area is 154 Å². The van der Waals surface area contributed by atoms with Crippen molar-refractivity contribution in [3.05, 3.63) is 47.7 Å². The third kappa shape index (κ3) is 4.50. The first-order valence-corrected chi connectivity index (χ1v) is 8.60. The Kier molecular flexibility index (Phi) is 5.25. The molecule has 0 saturated carbocycles. The molecule has 3 rings (SSSR count). The average Bonchev–Trinajstić information content (AvgIpc) is 3.24. The van der Waals surface area contributed by atoms with E-state index in [1.54, 1.807) is 11.8 Å². The minimum atomic E-state index is -4.45. The van der Waals surface area contributed by atoms with Gasteiger partial charge in [-0.25, -0.2) is 0 Å². The standard InChI is InChI=1S/C19H19F3N2O3/c1-12(11-24-9-3-6-17(24)25)23-18(26)16-8-7-15(27-16)13-4-2-5-14(10-13)19(20,21)22/h2,4-5,7-8,10,12H,3,6,9,11H2,1H3,(H,23,26). The van der Waals surface area contributed by atoms with Crippen LogP contribution in [0.3, 0.4) is 0 Å². The first kappa shape index (κ1) is 19.0. The van der Waals surface area contributed by atoms with Gasteiger partial charge in [-0.3, -0.25) is 9.59 Å². The lowest BCUT2D eigenvalue weighted by Crippen LogP contribution is -2.42. The van der Waals surface area contributed by atoms with E-state index in [1.807, 2.05) is 0 Å². The van der Waals surface area contributed by atoms with Crippen LogP contribution in [-0.4, -0.2) is 35.8 Å². The molecule has 2 heterocycles. The van der Waals surface area contributed by atoms with E-state index in [-0.39, 0.29) is 29.0 Å². The highest BCUT2D eigenvalue weighted by Gasteiger charge is 2.30. The zero-order chi connectivity index (χ0) is 19.6. The van der Waals surface area contributed by atoms with Crippen molar-refractivity contribution < 1.29 is 27.2 Å². The van der Waals surface area contributed by atoms with E-state index in [1.165, 1.54) is 24.3 Å². The highest BCUT2D eigenvalue weighted by atomic mass is 19.4. The summed E-state index contributed by atoms with van der Waals surface area (Å²) in [5, 5.41) is 2.74. The van der Waals surface area contributed by atoms with E-state index < -0.39 is 17.6 Å². The van der Waals surface area contributed by atoms with Crippen LogP contribution < -0.4 is 5.32 Å². The van der Waals surface area contributed by atoms with Crippen LogP contribution in [-0.2, 0) is 11.0 Å². The number of likely N-dealkylation sites (tertiary alicyclic amines) is 1. The maximum absolute atomic E-state index is 12.8. The minimum absolute atomic E-state index is 0.00186. The number of halogens is 3. The van der Waals surface area contributed by atoms with E-state index in [2.05, 4.69) is 5.32 Å². The molecule has 0 aliphatic carbocycles. The summed E-state index contributed by atoms with van der Waals surface area (Å²) >= 11 is 0. The molecule has 27 heavy (non-hydrogen) atoms.